The maximum atomic E-state index is 5.58. The second-order valence-corrected chi connectivity index (χ2v) is 5.99. The molecule has 0 spiro atoms. The third-order valence-corrected chi connectivity index (χ3v) is 4.31. The van der Waals surface area contributed by atoms with Crippen molar-refractivity contribution in [3.05, 3.63) is 0 Å². The lowest BCUT2D eigenvalue weighted by Crippen LogP contribution is -2.44. The Kier molecular flexibility index (Phi) is 9.48. The molecular formula is C16H34N2O. The fraction of sp³-hybridized carbons (Fsp3) is 1.00. The van der Waals surface area contributed by atoms with Crippen molar-refractivity contribution >= 4 is 0 Å². The Morgan fingerprint density at radius 1 is 0.947 bits per heavy atom. The summed E-state index contributed by atoms with van der Waals surface area (Å²) >= 11 is 0. The Morgan fingerprint density at radius 2 is 1.58 bits per heavy atom. The largest absolute Gasteiger partial charge is 0.381 e. The Hall–Kier alpha value is -0.120. The maximum Gasteiger partial charge on any atom is 0.0571 e. The van der Waals surface area contributed by atoms with E-state index < -0.39 is 0 Å². The number of hydrogen-bond acceptors (Lipinski definition) is 3. The second-order valence-electron chi connectivity index (χ2n) is 5.99. The van der Waals surface area contributed by atoms with Gasteiger partial charge in [-0.3, -0.25) is 0 Å². The summed E-state index contributed by atoms with van der Waals surface area (Å²) in [5, 5.41) is 0. The summed E-state index contributed by atoms with van der Waals surface area (Å²) in [5.74, 6) is 0. The molecule has 1 saturated heterocycles. The number of ether oxygens (including phenoxy) is 1. The minimum Gasteiger partial charge on any atom is -0.381 e. The summed E-state index contributed by atoms with van der Waals surface area (Å²) in [4.78, 5) is 5.03. The van der Waals surface area contributed by atoms with Gasteiger partial charge in [-0.05, 0) is 39.3 Å². The number of likely N-dealkylation sites (N-methyl/N-ethyl adjacent to an activating group) is 1. The lowest BCUT2D eigenvalue weighted by Gasteiger charge is -2.32. The van der Waals surface area contributed by atoms with E-state index in [0.29, 0.717) is 6.10 Å². The van der Waals surface area contributed by atoms with Gasteiger partial charge in [0.1, 0.15) is 0 Å². The molecule has 0 bridgehead atoms. The number of rotatable bonds is 10. The first-order valence-electron chi connectivity index (χ1n) is 8.20. The number of unbranched alkanes of at least 4 members (excludes halogenated alkanes) is 3. The zero-order chi connectivity index (χ0) is 13.9. The van der Waals surface area contributed by atoms with Gasteiger partial charge in [-0.1, -0.05) is 26.2 Å². The second kappa shape index (κ2) is 10.6. The van der Waals surface area contributed by atoms with Crippen molar-refractivity contribution in [3.63, 3.8) is 0 Å². The Balaban J connectivity index is 1.99. The quantitative estimate of drug-likeness (QED) is 0.568. The van der Waals surface area contributed by atoms with Crippen molar-refractivity contribution in [1.29, 1.82) is 0 Å². The van der Waals surface area contributed by atoms with Gasteiger partial charge >= 0.3 is 0 Å². The van der Waals surface area contributed by atoms with Crippen molar-refractivity contribution in [1.82, 2.24) is 9.80 Å². The lowest BCUT2D eigenvalue weighted by atomic mass is 10.0. The highest BCUT2D eigenvalue weighted by Gasteiger charge is 2.13. The standard InChI is InChI=1S/C16H34N2O/c1-4-5-6-9-16(19-3)10-7-8-11-18-14-12-17(2)13-15-18/h16H,4-15H2,1-3H3/t16-/m0/s1. The summed E-state index contributed by atoms with van der Waals surface area (Å²) in [6.07, 6.45) is 9.62. The van der Waals surface area contributed by atoms with E-state index >= 15 is 0 Å². The summed E-state index contributed by atoms with van der Waals surface area (Å²) < 4.78 is 5.58. The van der Waals surface area contributed by atoms with Gasteiger partial charge in [-0.2, -0.15) is 0 Å². The molecule has 114 valence electrons. The molecule has 1 aliphatic rings. The molecule has 0 aromatic carbocycles. The molecule has 3 nitrogen and oxygen atoms in total. The van der Waals surface area contributed by atoms with Crippen LogP contribution in [-0.2, 0) is 4.74 Å². The zero-order valence-electron chi connectivity index (χ0n) is 13.4. The number of piperazine rings is 1. The summed E-state index contributed by atoms with van der Waals surface area (Å²) in [7, 11) is 4.09. The van der Waals surface area contributed by atoms with Gasteiger partial charge in [0.05, 0.1) is 6.10 Å². The molecule has 0 aliphatic carbocycles. The van der Waals surface area contributed by atoms with Crippen LogP contribution in [0.4, 0.5) is 0 Å². The van der Waals surface area contributed by atoms with Crippen LogP contribution in [0, 0.1) is 0 Å². The molecular weight excluding hydrogens is 236 g/mol. The number of hydrogen-bond donors (Lipinski definition) is 0. The van der Waals surface area contributed by atoms with Crippen LogP contribution >= 0.6 is 0 Å². The Bertz CT molecular complexity index is 203. The van der Waals surface area contributed by atoms with Gasteiger partial charge in [0, 0.05) is 33.3 Å². The first-order valence-corrected chi connectivity index (χ1v) is 8.20. The molecule has 0 N–H and O–H groups in total. The molecule has 1 heterocycles. The van der Waals surface area contributed by atoms with Gasteiger partial charge in [0.2, 0.25) is 0 Å². The smallest absolute Gasteiger partial charge is 0.0571 e. The molecule has 1 atom stereocenters. The topological polar surface area (TPSA) is 15.7 Å². The molecule has 0 saturated carbocycles. The van der Waals surface area contributed by atoms with Crippen LogP contribution in [0.5, 0.6) is 0 Å². The van der Waals surface area contributed by atoms with Crippen LogP contribution in [0.25, 0.3) is 0 Å². The lowest BCUT2D eigenvalue weighted by molar-refractivity contribution is 0.0815. The summed E-state index contributed by atoms with van der Waals surface area (Å²) in [5.41, 5.74) is 0. The summed E-state index contributed by atoms with van der Waals surface area (Å²) in [6.45, 7) is 8.51. The monoisotopic (exact) mass is 270 g/mol. The van der Waals surface area contributed by atoms with Crippen LogP contribution in [0.15, 0.2) is 0 Å². The fourth-order valence-corrected chi connectivity index (χ4v) is 2.78. The highest BCUT2D eigenvalue weighted by Crippen LogP contribution is 2.13. The molecule has 0 unspecified atom stereocenters. The first kappa shape index (κ1) is 16.9. The third-order valence-electron chi connectivity index (χ3n) is 4.31. The summed E-state index contributed by atoms with van der Waals surface area (Å²) in [6, 6.07) is 0. The van der Waals surface area contributed by atoms with Gasteiger partial charge in [0.15, 0.2) is 0 Å². The van der Waals surface area contributed by atoms with Crippen molar-refractivity contribution in [3.8, 4) is 0 Å². The van der Waals surface area contributed by atoms with Crippen molar-refractivity contribution in [2.24, 2.45) is 0 Å². The molecule has 0 aromatic rings. The molecule has 19 heavy (non-hydrogen) atoms. The van der Waals surface area contributed by atoms with Gasteiger partial charge < -0.3 is 14.5 Å². The average Bonchev–Trinajstić information content (AvgIpc) is 2.43. The van der Waals surface area contributed by atoms with Gasteiger partial charge in [-0.15, -0.1) is 0 Å². The SMILES string of the molecule is CCCCC[C@@H](CCCCN1CCN(C)CC1)OC. The van der Waals surface area contributed by atoms with Crippen LogP contribution in [0.1, 0.15) is 51.9 Å². The molecule has 0 amide bonds. The van der Waals surface area contributed by atoms with Gasteiger partial charge in [0.25, 0.3) is 0 Å². The van der Waals surface area contributed by atoms with E-state index in [4.69, 9.17) is 4.74 Å². The van der Waals surface area contributed by atoms with Crippen molar-refractivity contribution < 1.29 is 4.74 Å². The normalized spacial score (nSPS) is 19.7. The minimum atomic E-state index is 0.499. The predicted molar refractivity (Wildman–Crippen MR) is 82.7 cm³/mol. The van der Waals surface area contributed by atoms with E-state index in [1.165, 1.54) is 77.7 Å². The van der Waals surface area contributed by atoms with Crippen LogP contribution in [-0.4, -0.2) is 62.8 Å². The number of methoxy groups -OCH3 is 1. The maximum absolute atomic E-state index is 5.58. The van der Waals surface area contributed by atoms with Crippen LogP contribution in [0.2, 0.25) is 0 Å². The Labute approximate surface area is 120 Å². The van der Waals surface area contributed by atoms with E-state index in [1.54, 1.807) is 0 Å². The molecule has 3 heteroatoms. The van der Waals surface area contributed by atoms with E-state index in [9.17, 15) is 0 Å². The van der Waals surface area contributed by atoms with E-state index in [0.717, 1.165) is 0 Å². The third kappa shape index (κ3) is 7.91. The Morgan fingerprint density at radius 3 is 2.16 bits per heavy atom. The fourth-order valence-electron chi connectivity index (χ4n) is 2.78. The predicted octanol–water partition coefficient (Wildman–Crippen LogP) is 3.00. The van der Waals surface area contributed by atoms with E-state index in [2.05, 4.69) is 23.8 Å². The molecule has 0 aromatic heterocycles. The minimum absolute atomic E-state index is 0.499. The zero-order valence-corrected chi connectivity index (χ0v) is 13.4. The highest BCUT2D eigenvalue weighted by molar-refractivity contribution is 4.69. The molecule has 0 radical (unpaired) electrons. The van der Waals surface area contributed by atoms with Gasteiger partial charge in [-0.25, -0.2) is 0 Å². The first-order chi connectivity index (χ1) is 9.26. The molecule has 1 aliphatic heterocycles. The van der Waals surface area contributed by atoms with E-state index in [-0.39, 0.29) is 0 Å². The van der Waals surface area contributed by atoms with Crippen LogP contribution in [0.3, 0.4) is 0 Å². The molecule has 1 rings (SSSR count). The van der Waals surface area contributed by atoms with Crippen molar-refractivity contribution in [2.45, 2.75) is 58.0 Å². The van der Waals surface area contributed by atoms with Crippen LogP contribution < -0.4 is 0 Å². The van der Waals surface area contributed by atoms with E-state index in [1.807, 2.05) is 7.11 Å². The highest BCUT2D eigenvalue weighted by atomic mass is 16.5. The van der Waals surface area contributed by atoms with Crippen molar-refractivity contribution in [2.75, 3.05) is 46.9 Å². The molecule has 1 fully saturated rings. The average molecular weight is 270 g/mol. The number of nitrogens with zero attached hydrogens (tertiary/aromatic N) is 2.